The van der Waals surface area contributed by atoms with Crippen molar-refractivity contribution in [2.45, 2.75) is 177 Å². The van der Waals surface area contributed by atoms with Gasteiger partial charge >= 0.3 is 66.5 Å². The van der Waals surface area contributed by atoms with E-state index in [4.69, 9.17) is 65.1 Å². The van der Waals surface area contributed by atoms with Gasteiger partial charge in [0.15, 0.2) is 0 Å². The second-order valence-electron chi connectivity index (χ2n) is 32.5. The van der Waals surface area contributed by atoms with Crippen molar-refractivity contribution in [1.29, 1.82) is 0 Å². The number of ketones is 1. The number of carbonyl (C=O) groups excluding carboxylic acids is 12. The third-order valence-corrected chi connectivity index (χ3v) is 18.1. The molecule has 0 aliphatic carbocycles. The van der Waals surface area contributed by atoms with Crippen LogP contribution in [0.15, 0.2) is 146 Å². The first kappa shape index (κ1) is 115. The monoisotopic (exact) mass is 1920 g/mol. The Bertz CT molecular complexity index is 4510. The van der Waals surface area contributed by atoms with Crippen LogP contribution in [-0.2, 0) is 118 Å². The van der Waals surface area contributed by atoms with Gasteiger partial charge in [0.05, 0.1) is 66.6 Å². The normalized spacial score (nSPS) is 17.5. The van der Waals surface area contributed by atoms with E-state index in [9.17, 15) is 67.4 Å². The van der Waals surface area contributed by atoms with Crippen molar-refractivity contribution in [1.82, 2.24) is 50.8 Å². The van der Waals surface area contributed by atoms with Crippen LogP contribution in [0.25, 0.3) is 10.9 Å². The molecule has 4 aliphatic heterocycles. The van der Waals surface area contributed by atoms with Gasteiger partial charge in [-0.2, -0.15) is 0 Å². The summed E-state index contributed by atoms with van der Waals surface area (Å²) in [5, 5.41) is 27.8. The van der Waals surface area contributed by atoms with Crippen molar-refractivity contribution in [2.75, 3.05) is 80.2 Å². The number of aliphatic hydroxyl groups is 1. The first-order valence-electron chi connectivity index (χ1n) is 40.1. The second-order valence-corrected chi connectivity index (χ2v) is 32.9. The van der Waals surface area contributed by atoms with Gasteiger partial charge < -0.3 is 112 Å². The summed E-state index contributed by atoms with van der Waals surface area (Å²) in [6.07, 6.45) is -2.76. The Morgan fingerprint density at radius 1 is 0.461 bits per heavy atom. The quantitative estimate of drug-likeness (QED) is 0.0147. The molecular weight excluding hydrogens is 1800 g/mol. The number of aliphatic carboxylic acids is 1. The molecule has 6 aromatic rings. The van der Waals surface area contributed by atoms with E-state index in [1.54, 1.807) is 87.4 Å². The number of fused-ring (bicyclic) bond motifs is 1. The maximum absolute atomic E-state index is 12.3. The number of methoxy groups -OCH3 is 1. The van der Waals surface area contributed by atoms with Crippen molar-refractivity contribution in [2.24, 2.45) is 29.4 Å². The Labute approximate surface area is 772 Å². The molecule has 0 saturated carbocycles. The third-order valence-electron chi connectivity index (χ3n) is 17.8. The fraction of sp³-hybridized carbons (Fsp3) is 0.483. The third kappa shape index (κ3) is 42.0. The summed E-state index contributed by atoms with van der Waals surface area (Å²) in [5.41, 5.74) is 7.74. The molecule has 4 aliphatic rings. The number of amides is 8. The molecule has 5 heterocycles. The van der Waals surface area contributed by atoms with Crippen LogP contribution in [0.4, 0.5) is 33.6 Å². The molecule has 710 valence electrons. The molecule has 8 N–H and O–H groups in total. The molecule has 36 nitrogen and oxygen atoms in total. The minimum Gasteiger partial charge on any atom is -0.481 e. The molecule has 4 saturated heterocycles. The molecule has 4 unspecified atom stereocenters. The Kier molecular flexibility index (Phi) is 50.1. The summed E-state index contributed by atoms with van der Waals surface area (Å²) in [6, 6.07) is 40.2. The minimum absolute atomic E-state index is 0. The molecule has 5 aromatic carbocycles. The number of carbonyl (C=O) groups is 13. The van der Waals surface area contributed by atoms with E-state index < -0.39 is 119 Å². The van der Waals surface area contributed by atoms with Crippen LogP contribution in [0, 0.1) is 31.1 Å². The molecule has 4 fully saturated rings. The van der Waals surface area contributed by atoms with Gasteiger partial charge in [0.2, 0.25) is 5.91 Å². The molecule has 8 amide bonds. The first-order chi connectivity index (χ1) is 58.8. The summed E-state index contributed by atoms with van der Waals surface area (Å²) >= 11 is 5.87. The summed E-state index contributed by atoms with van der Waals surface area (Å²) < 4.78 is 51.3. The summed E-state index contributed by atoms with van der Waals surface area (Å²) in [5.74, 6) is -4.91. The van der Waals surface area contributed by atoms with Crippen molar-refractivity contribution in [3.8, 4) is 0 Å². The van der Waals surface area contributed by atoms with Crippen molar-refractivity contribution < 1.29 is 140 Å². The average molecular weight is 1930 g/mol. The number of para-hydroxylation sites is 1. The van der Waals surface area contributed by atoms with E-state index >= 15 is 0 Å². The van der Waals surface area contributed by atoms with Gasteiger partial charge in [-0.05, 0) is 131 Å². The number of carboxylic acid groups (broad SMARTS) is 1. The van der Waals surface area contributed by atoms with Crippen LogP contribution in [0.2, 0.25) is 5.15 Å². The number of hydrogen-bond acceptors (Lipinski definition) is 27. The number of carboxylic acids is 1. The van der Waals surface area contributed by atoms with Gasteiger partial charge in [-0.1, -0.05) is 139 Å². The molecule has 39 heteroatoms. The number of aliphatic hydroxyl groups excluding tert-OH is 1. The van der Waals surface area contributed by atoms with E-state index in [1.165, 1.54) is 53.9 Å². The number of rotatable bonds is 17. The second kappa shape index (κ2) is 56.0. The molecule has 10 rings (SSSR count). The van der Waals surface area contributed by atoms with E-state index in [0.29, 0.717) is 41.3 Å². The summed E-state index contributed by atoms with van der Waals surface area (Å²) in [4.78, 5) is 167. The molecule has 128 heavy (non-hydrogen) atoms. The number of ether oxygens (including phenoxy) is 10. The van der Waals surface area contributed by atoms with Gasteiger partial charge in [0.25, 0.3) is 0 Å². The number of benzene rings is 5. The smallest absolute Gasteiger partial charge is 0.410 e. The van der Waals surface area contributed by atoms with Crippen molar-refractivity contribution in [3.63, 3.8) is 0 Å². The van der Waals surface area contributed by atoms with E-state index in [-0.39, 0.29) is 136 Å². The molecule has 0 radical (unpaired) electrons. The Morgan fingerprint density at radius 3 is 1.11 bits per heavy atom. The maximum Gasteiger partial charge on any atom is 0.410 e. The summed E-state index contributed by atoms with van der Waals surface area (Å²) in [7, 11) is 3.84. The number of nitrogens with one attached hydrogen (secondary N) is 4. The number of likely N-dealkylation sites (tertiary alicyclic amines) is 4. The predicted octanol–water partition coefficient (Wildman–Crippen LogP) is 11.9. The standard InChI is InChI=1S/C20H28N2O6.C19H27N3O5.C18H24N2O6.C11H20N2O3.C10H7ClN2O2.C9H10O2.CH4O.CH3.ClH.Pd/c1-5-26-17(23)15-11-22(19(25)28-20(2,3)4)12-16(15)21-18(24)27-13-14-9-7-6-8-10-14;1-19(2,3)27-18(25)22-10-14(16(23)20-4)15(11-22)21-17(24)26-12-13-8-6-5-7-9-13;1-18(2,3)26-17(24)20-9-13(15(21)22)14(10-20)19-16(23)25-11-12-7-5-4-6-8-12;1-7(14)8-5-13(6-9(8)12)10(15)16-11(2,3)4;1-15-10(14)7-4-2-3-6-8(7)12-5-13-9(6)11;1-8(10)11-7-9-5-3-2-4-6-9;1-2;;;/h6-10,15-16H,5,11-13H2,1-4H3,(H,21,24);5-9,14-15H,10-12H2,1-4H3,(H,20,23)(H,21,24);4-8,13-14H,9-11H2,1-3H3,(H,19,23)(H,21,22);8-9H,5-6,12H2,1-4H3;2-5H,1H3;2-6H,7H2,1H3;2H,1H3;1H3;1H;/q;;;;;;;-1;;/t15?,16-;14?,15-;13?,14-;8?,9-;;;;;;/m0000....../s1. The Balaban J connectivity index is 0.000000780. The zero-order chi connectivity index (χ0) is 93.5. The number of alkyl carbamates (subject to hydrolysis) is 3. The number of esters is 3. The Morgan fingerprint density at radius 2 is 0.789 bits per heavy atom. The zero-order valence-electron chi connectivity index (χ0n) is 75.8. The van der Waals surface area contributed by atoms with E-state index in [2.05, 4.69) is 36.0 Å². The van der Waals surface area contributed by atoms with Gasteiger partial charge in [-0.15, -0.1) is 12.4 Å². The van der Waals surface area contributed by atoms with Crippen LogP contribution < -0.4 is 27.0 Å². The van der Waals surface area contributed by atoms with Crippen LogP contribution in [-0.4, -0.2) is 245 Å². The number of hydrogen-bond donors (Lipinski definition) is 7. The number of Topliss-reactive ketones (excluding diaryl/α,β-unsaturated/α-hetero) is 1. The SMILES string of the molecule is CC(=O)C1CN(C(=O)OC(C)(C)C)C[C@@H]1N.CC(=O)OCc1ccccc1.CC(C)(C)OC(=O)N1CC(C(=O)O)[C@@H](NC(=O)OCc2ccccc2)C1.CCOC(=O)C1CN(C(=O)OC(C)(C)C)C[C@@H]1NC(=O)OCc1ccccc1.CNC(=O)C1CN(C(=O)OC(C)(C)C)C[C@@H]1NC(=O)OCc1ccccc1.CO.COC(=O)c1cccc2c(Cl)ncnc12.Cl.[CH3-].[Pd]. The van der Waals surface area contributed by atoms with Crippen LogP contribution in [0.3, 0.4) is 0 Å². The molecule has 0 bridgehead atoms. The minimum atomic E-state index is -1.09. The van der Waals surface area contributed by atoms with E-state index in [0.717, 1.165) is 29.4 Å². The average Bonchev–Trinajstić information content (AvgIpc) is 1.69. The zero-order valence-corrected chi connectivity index (χ0v) is 78.9. The van der Waals surface area contributed by atoms with Gasteiger partial charge in [-0.25, -0.2) is 48.3 Å². The van der Waals surface area contributed by atoms with Crippen molar-refractivity contribution in [3.05, 3.63) is 186 Å². The predicted molar refractivity (Wildman–Crippen MR) is 472 cm³/mol. The van der Waals surface area contributed by atoms with Gasteiger partial charge in [-0.3, -0.25) is 24.0 Å². The number of aromatic nitrogens is 2. The maximum atomic E-state index is 12.3. The van der Waals surface area contributed by atoms with Crippen LogP contribution in [0.5, 0.6) is 0 Å². The van der Waals surface area contributed by atoms with Crippen LogP contribution in [0.1, 0.15) is 136 Å². The molecule has 1 aromatic heterocycles. The van der Waals surface area contributed by atoms with Crippen molar-refractivity contribution >= 4 is 113 Å². The van der Waals surface area contributed by atoms with Gasteiger partial charge in [0, 0.05) is 105 Å². The Hall–Kier alpha value is -11.5. The molecule has 8 atom stereocenters. The summed E-state index contributed by atoms with van der Waals surface area (Å²) in [6.45, 7) is 28.1. The number of nitrogens with two attached hydrogens (primary N) is 1. The van der Waals surface area contributed by atoms with Crippen LogP contribution >= 0.6 is 24.0 Å². The molecule has 0 spiro atoms. The number of halogens is 2. The largest absolute Gasteiger partial charge is 0.481 e. The first-order valence-corrected chi connectivity index (χ1v) is 40.5. The van der Waals surface area contributed by atoms with Gasteiger partial charge in [0.1, 0.15) is 66.1 Å². The molecular formula is C89H124Cl2N11O25Pd-. The fourth-order valence-corrected chi connectivity index (χ4v) is 12.2. The fourth-order valence-electron chi connectivity index (χ4n) is 12.0. The van der Waals surface area contributed by atoms with E-state index in [1.807, 2.05) is 142 Å². The topological polar surface area (TPSA) is 468 Å². The number of nitrogens with zero attached hydrogens (tertiary/aromatic N) is 6.